The number of ether oxygens (including phenoxy) is 2. The molecule has 2 aromatic rings. The van der Waals surface area contributed by atoms with Gasteiger partial charge in [0.05, 0.1) is 18.4 Å². The molecular formula is C18H17BrFNO4. The summed E-state index contributed by atoms with van der Waals surface area (Å²) in [6, 6.07) is 8.97. The van der Waals surface area contributed by atoms with Crippen molar-refractivity contribution in [3.8, 4) is 5.75 Å². The van der Waals surface area contributed by atoms with Crippen LogP contribution in [0.5, 0.6) is 5.75 Å². The Balaban J connectivity index is 2.09. The van der Waals surface area contributed by atoms with Gasteiger partial charge >= 0.3 is 5.97 Å². The maximum atomic E-state index is 13.3. The van der Waals surface area contributed by atoms with E-state index in [-0.39, 0.29) is 5.56 Å². The van der Waals surface area contributed by atoms with Crippen molar-refractivity contribution in [2.75, 3.05) is 12.4 Å². The van der Waals surface area contributed by atoms with E-state index in [2.05, 4.69) is 21.2 Å². The van der Waals surface area contributed by atoms with Gasteiger partial charge in [0.15, 0.2) is 6.10 Å². The van der Waals surface area contributed by atoms with Gasteiger partial charge in [-0.25, -0.2) is 9.18 Å². The first kappa shape index (κ1) is 18.9. The predicted octanol–water partition coefficient (Wildman–Crippen LogP) is 4.09. The maximum Gasteiger partial charge on any atom is 0.340 e. The normalized spacial score (nSPS) is 11.6. The average molecular weight is 410 g/mol. The summed E-state index contributed by atoms with van der Waals surface area (Å²) in [5.74, 6) is -1.41. The van der Waals surface area contributed by atoms with Crippen molar-refractivity contribution in [3.05, 3.63) is 57.8 Å². The number of esters is 1. The van der Waals surface area contributed by atoms with E-state index >= 15 is 0 Å². The molecule has 25 heavy (non-hydrogen) atoms. The number of aryl methyl sites for hydroxylation is 1. The summed E-state index contributed by atoms with van der Waals surface area (Å²) in [5.41, 5.74) is 1.42. The highest BCUT2D eigenvalue weighted by molar-refractivity contribution is 9.10. The van der Waals surface area contributed by atoms with Gasteiger partial charge in [-0.05, 0) is 65.7 Å². The number of rotatable bonds is 5. The van der Waals surface area contributed by atoms with Gasteiger partial charge < -0.3 is 14.8 Å². The second-order valence-electron chi connectivity index (χ2n) is 5.36. The number of benzene rings is 2. The largest absolute Gasteiger partial charge is 0.495 e. The van der Waals surface area contributed by atoms with E-state index in [1.54, 1.807) is 12.1 Å². The van der Waals surface area contributed by atoms with Gasteiger partial charge in [-0.1, -0.05) is 6.07 Å². The van der Waals surface area contributed by atoms with Gasteiger partial charge in [0, 0.05) is 4.47 Å². The lowest BCUT2D eigenvalue weighted by Gasteiger charge is -2.16. The van der Waals surface area contributed by atoms with E-state index in [0.29, 0.717) is 15.9 Å². The Morgan fingerprint density at radius 3 is 2.60 bits per heavy atom. The molecule has 0 aromatic heterocycles. The standard InChI is InChI=1S/C18H17BrFNO4/c1-10-4-7-16(24-3)15(8-10)21-17(22)11(2)25-18(23)13-9-12(20)5-6-14(13)19/h4-9,11H,1-3H3,(H,21,22)/t11-/m0/s1. The van der Waals surface area contributed by atoms with Gasteiger partial charge in [0.2, 0.25) is 0 Å². The van der Waals surface area contributed by atoms with Crippen LogP contribution >= 0.6 is 15.9 Å². The molecule has 0 spiro atoms. The maximum absolute atomic E-state index is 13.3. The Hall–Kier alpha value is -2.41. The number of amides is 1. The Kier molecular flexibility index (Phi) is 6.14. The average Bonchev–Trinajstić information content (AvgIpc) is 2.57. The predicted molar refractivity (Wildman–Crippen MR) is 95.3 cm³/mol. The van der Waals surface area contributed by atoms with Crippen LogP contribution in [0.1, 0.15) is 22.8 Å². The van der Waals surface area contributed by atoms with Crippen molar-refractivity contribution in [1.29, 1.82) is 0 Å². The van der Waals surface area contributed by atoms with E-state index in [1.807, 2.05) is 13.0 Å². The second kappa shape index (κ2) is 8.11. The minimum Gasteiger partial charge on any atom is -0.495 e. The lowest BCUT2D eigenvalue weighted by Crippen LogP contribution is -2.30. The van der Waals surface area contributed by atoms with Gasteiger partial charge in [0.1, 0.15) is 11.6 Å². The lowest BCUT2D eigenvalue weighted by atomic mass is 10.2. The summed E-state index contributed by atoms with van der Waals surface area (Å²) >= 11 is 3.15. The molecule has 0 aliphatic carbocycles. The molecule has 0 aliphatic rings. The van der Waals surface area contributed by atoms with Crippen LogP contribution in [-0.4, -0.2) is 25.1 Å². The van der Waals surface area contributed by atoms with Crippen molar-refractivity contribution in [2.24, 2.45) is 0 Å². The number of carbonyl (C=O) groups is 2. The summed E-state index contributed by atoms with van der Waals surface area (Å²) in [5, 5.41) is 2.66. The molecule has 0 aliphatic heterocycles. The molecule has 0 bridgehead atoms. The molecule has 0 radical (unpaired) electrons. The molecule has 0 unspecified atom stereocenters. The van der Waals surface area contributed by atoms with Crippen LogP contribution < -0.4 is 10.1 Å². The molecule has 1 atom stereocenters. The summed E-state index contributed by atoms with van der Waals surface area (Å²) in [6.07, 6.45) is -1.08. The smallest absolute Gasteiger partial charge is 0.340 e. The molecule has 2 aromatic carbocycles. The zero-order valence-electron chi connectivity index (χ0n) is 13.9. The molecule has 0 heterocycles. The zero-order chi connectivity index (χ0) is 18.6. The van der Waals surface area contributed by atoms with Crippen LogP contribution in [0.4, 0.5) is 10.1 Å². The second-order valence-corrected chi connectivity index (χ2v) is 6.22. The molecule has 1 amide bonds. The highest BCUT2D eigenvalue weighted by Gasteiger charge is 2.22. The monoisotopic (exact) mass is 409 g/mol. The quantitative estimate of drug-likeness (QED) is 0.755. The Morgan fingerprint density at radius 2 is 1.92 bits per heavy atom. The van der Waals surface area contributed by atoms with Crippen LogP contribution in [0.25, 0.3) is 0 Å². The van der Waals surface area contributed by atoms with E-state index in [0.717, 1.165) is 11.6 Å². The summed E-state index contributed by atoms with van der Waals surface area (Å²) < 4.78 is 24.0. The topological polar surface area (TPSA) is 64.6 Å². The molecule has 2 rings (SSSR count). The zero-order valence-corrected chi connectivity index (χ0v) is 15.5. The number of halogens is 2. The Labute approximate surface area is 153 Å². The molecule has 1 N–H and O–H groups in total. The van der Waals surface area contributed by atoms with E-state index in [9.17, 15) is 14.0 Å². The van der Waals surface area contributed by atoms with Crippen molar-refractivity contribution >= 4 is 33.5 Å². The van der Waals surface area contributed by atoms with Gasteiger partial charge in [-0.15, -0.1) is 0 Å². The van der Waals surface area contributed by atoms with Crippen molar-refractivity contribution in [3.63, 3.8) is 0 Å². The summed E-state index contributed by atoms with van der Waals surface area (Å²) in [4.78, 5) is 24.4. The van der Waals surface area contributed by atoms with Gasteiger partial charge in [0.25, 0.3) is 5.91 Å². The molecular weight excluding hydrogens is 393 g/mol. The van der Waals surface area contributed by atoms with Crippen molar-refractivity contribution in [1.82, 2.24) is 0 Å². The highest BCUT2D eigenvalue weighted by Crippen LogP contribution is 2.25. The van der Waals surface area contributed by atoms with Crippen LogP contribution in [0.15, 0.2) is 40.9 Å². The first-order valence-electron chi connectivity index (χ1n) is 7.43. The fourth-order valence-electron chi connectivity index (χ4n) is 2.09. The minimum absolute atomic E-state index is 0.00721. The Morgan fingerprint density at radius 1 is 1.20 bits per heavy atom. The van der Waals surface area contributed by atoms with E-state index < -0.39 is 23.8 Å². The minimum atomic E-state index is -1.08. The number of nitrogens with one attached hydrogen (secondary N) is 1. The lowest BCUT2D eigenvalue weighted by molar-refractivity contribution is -0.123. The first-order chi connectivity index (χ1) is 11.8. The third kappa shape index (κ3) is 4.79. The van der Waals surface area contributed by atoms with Gasteiger partial charge in [-0.2, -0.15) is 0 Å². The van der Waals surface area contributed by atoms with Crippen LogP contribution in [0.2, 0.25) is 0 Å². The summed E-state index contributed by atoms with van der Waals surface area (Å²) in [7, 11) is 1.49. The fraction of sp³-hybridized carbons (Fsp3) is 0.222. The molecule has 7 heteroatoms. The molecule has 0 fully saturated rings. The third-order valence-electron chi connectivity index (χ3n) is 3.41. The molecule has 5 nitrogen and oxygen atoms in total. The fourth-order valence-corrected chi connectivity index (χ4v) is 2.49. The SMILES string of the molecule is COc1ccc(C)cc1NC(=O)[C@H](C)OC(=O)c1cc(F)ccc1Br. The third-order valence-corrected chi connectivity index (χ3v) is 4.11. The number of carbonyl (C=O) groups excluding carboxylic acids is 2. The Bertz CT molecular complexity index is 810. The van der Waals surface area contributed by atoms with Crippen LogP contribution in [0.3, 0.4) is 0 Å². The molecule has 0 saturated heterocycles. The summed E-state index contributed by atoms with van der Waals surface area (Å²) in [6.45, 7) is 3.31. The van der Waals surface area contributed by atoms with E-state index in [1.165, 1.54) is 26.2 Å². The van der Waals surface area contributed by atoms with Crippen molar-refractivity contribution < 1.29 is 23.5 Å². The first-order valence-corrected chi connectivity index (χ1v) is 8.22. The van der Waals surface area contributed by atoms with Crippen LogP contribution in [0, 0.1) is 12.7 Å². The molecule has 132 valence electrons. The van der Waals surface area contributed by atoms with Gasteiger partial charge in [-0.3, -0.25) is 4.79 Å². The number of methoxy groups -OCH3 is 1. The highest BCUT2D eigenvalue weighted by atomic mass is 79.9. The molecule has 0 saturated carbocycles. The number of hydrogen-bond acceptors (Lipinski definition) is 4. The number of anilines is 1. The van der Waals surface area contributed by atoms with Crippen LogP contribution in [-0.2, 0) is 9.53 Å². The van der Waals surface area contributed by atoms with E-state index in [4.69, 9.17) is 9.47 Å². The van der Waals surface area contributed by atoms with Crippen molar-refractivity contribution in [2.45, 2.75) is 20.0 Å². The number of hydrogen-bond donors (Lipinski definition) is 1.